The zero-order valence-corrected chi connectivity index (χ0v) is 12.2. The van der Waals surface area contributed by atoms with E-state index in [1.54, 1.807) is 13.3 Å². The molecule has 1 aliphatic carbocycles. The van der Waals surface area contributed by atoms with E-state index in [-0.39, 0.29) is 17.9 Å². The molecule has 1 atom stereocenters. The number of hydrogen-bond donors (Lipinski definition) is 1. The van der Waals surface area contributed by atoms with Gasteiger partial charge in [0.15, 0.2) is 11.5 Å². The molecule has 1 N–H and O–H groups in total. The van der Waals surface area contributed by atoms with Crippen LogP contribution in [0.5, 0.6) is 11.5 Å². The standard InChI is InChI=1S/C16H20N2O3/c1-20-14-7-6-11(12-9-16(19)18-17-10-12)8-15(14)21-13-4-2-3-5-13/h6-8,10,12-13H,2-5,9H2,1H3,(H,18,19). The minimum Gasteiger partial charge on any atom is -0.493 e. The quantitative estimate of drug-likeness (QED) is 0.926. The van der Waals surface area contributed by atoms with Crippen molar-refractivity contribution >= 4 is 12.1 Å². The van der Waals surface area contributed by atoms with Crippen molar-refractivity contribution in [3.05, 3.63) is 23.8 Å². The topological polar surface area (TPSA) is 59.9 Å². The highest BCUT2D eigenvalue weighted by atomic mass is 16.5. The molecule has 21 heavy (non-hydrogen) atoms. The first-order valence-corrected chi connectivity index (χ1v) is 7.43. The summed E-state index contributed by atoms with van der Waals surface area (Å²) in [5.74, 6) is 1.44. The van der Waals surface area contributed by atoms with Crippen molar-refractivity contribution in [3.63, 3.8) is 0 Å². The fourth-order valence-corrected chi connectivity index (χ4v) is 2.90. The van der Waals surface area contributed by atoms with E-state index in [2.05, 4.69) is 10.5 Å². The number of nitrogens with zero attached hydrogens (tertiary/aromatic N) is 1. The summed E-state index contributed by atoms with van der Waals surface area (Å²) in [5, 5.41) is 3.89. The van der Waals surface area contributed by atoms with Crippen LogP contribution in [0.1, 0.15) is 43.6 Å². The van der Waals surface area contributed by atoms with Gasteiger partial charge in [-0.25, -0.2) is 5.43 Å². The lowest BCUT2D eigenvalue weighted by atomic mass is 9.95. The minimum atomic E-state index is -0.0587. The van der Waals surface area contributed by atoms with Gasteiger partial charge in [-0.3, -0.25) is 4.79 Å². The maximum absolute atomic E-state index is 11.5. The van der Waals surface area contributed by atoms with Crippen molar-refractivity contribution in [1.82, 2.24) is 5.43 Å². The Labute approximate surface area is 124 Å². The van der Waals surface area contributed by atoms with Crippen molar-refractivity contribution in [3.8, 4) is 11.5 Å². The summed E-state index contributed by atoms with van der Waals surface area (Å²) in [6, 6.07) is 5.85. The Hall–Kier alpha value is -2.04. The van der Waals surface area contributed by atoms with Crippen molar-refractivity contribution in [2.75, 3.05) is 7.11 Å². The number of benzene rings is 1. The molecule has 2 aliphatic rings. The minimum absolute atomic E-state index is 0.00409. The molecule has 1 aromatic rings. The zero-order chi connectivity index (χ0) is 14.7. The second-order valence-corrected chi connectivity index (χ2v) is 5.56. The van der Waals surface area contributed by atoms with Crippen molar-refractivity contribution in [2.45, 2.75) is 44.1 Å². The fourth-order valence-electron chi connectivity index (χ4n) is 2.90. The number of nitrogens with one attached hydrogen (secondary N) is 1. The second-order valence-electron chi connectivity index (χ2n) is 5.56. The van der Waals surface area contributed by atoms with Gasteiger partial charge < -0.3 is 9.47 Å². The van der Waals surface area contributed by atoms with Gasteiger partial charge in [0.2, 0.25) is 5.91 Å². The van der Waals surface area contributed by atoms with Gasteiger partial charge in [0.1, 0.15) is 0 Å². The molecule has 1 fully saturated rings. The molecule has 0 saturated heterocycles. The first kappa shape index (κ1) is 13.9. The third kappa shape index (κ3) is 3.17. The van der Waals surface area contributed by atoms with E-state index in [1.807, 2.05) is 18.2 Å². The van der Waals surface area contributed by atoms with Gasteiger partial charge in [-0.1, -0.05) is 6.07 Å². The van der Waals surface area contributed by atoms with Gasteiger partial charge in [0, 0.05) is 18.6 Å². The van der Waals surface area contributed by atoms with E-state index in [4.69, 9.17) is 9.47 Å². The Morgan fingerprint density at radius 3 is 2.76 bits per heavy atom. The van der Waals surface area contributed by atoms with E-state index >= 15 is 0 Å². The van der Waals surface area contributed by atoms with Crippen LogP contribution in [-0.4, -0.2) is 25.3 Å². The van der Waals surface area contributed by atoms with Gasteiger partial charge in [-0.15, -0.1) is 0 Å². The lowest BCUT2D eigenvalue weighted by molar-refractivity contribution is -0.121. The van der Waals surface area contributed by atoms with Crippen LogP contribution in [0.25, 0.3) is 0 Å². The largest absolute Gasteiger partial charge is 0.493 e. The van der Waals surface area contributed by atoms with Crippen LogP contribution >= 0.6 is 0 Å². The Morgan fingerprint density at radius 1 is 1.24 bits per heavy atom. The number of rotatable bonds is 4. The van der Waals surface area contributed by atoms with Gasteiger partial charge >= 0.3 is 0 Å². The molecule has 1 heterocycles. The van der Waals surface area contributed by atoms with E-state index in [0.29, 0.717) is 6.42 Å². The van der Waals surface area contributed by atoms with Crippen LogP contribution < -0.4 is 14.9 Å². The van der Waals surface area contributed by atoms with Crippen molar-refractivity contribution < 1.29 is 14.3 Å². The van der Waals surface area contributed by atoms with Gasteiger partial charge in [-0.05, 0) is 43.4 Å². The lowest BCUT2D eigenvalue weighted by Crippen LogP contribution is -2.26. The SMILES string of the molecule is COc1ccc(C2C=NNC(=O)C2)cc1OC1CCCC1. The number of hydrogen-bond acceptors (Lipinski definition) is 4. The molecule has 112 valence electrons. The predicted octanol–water partition coefficient (Wildman–Crippen LogP) is 2.61. The molecule has 1 unspecified atom stereocenters. The number of carbonyl (C=O) groups is 1. The highest BCUT2D eigenvalue weighted by Gasteiger charge is 2.22. The molecule has 1 amide bonds. The van der Waals surface area contributed by atoms with E-state index in [9.17, 15) is 4.79 Å². The van der Waals surface area contributed by atoms with Crippen LogP contribution in [0.4, 0.5) is 0 Å². The molecule has 0 radical (unpaired) electrons. The van der Waals surface area contributed by atoms with Crippen LogP contribution in [-0.2, 0) is 4.79 Å². The molecular weight excluding hydrogens is 268 g/mol. The maximum Gasteiger partial charge on any atom is 0.241 e. The monoisotopic (exact) mass is 288 g/mol. The molecule has 1 saturated carbocycles. The smallest absolute Gasteiger partial charge is 0.241 e. The highest BCUT2D eigenvalue weighted by Crippen LogP contribution is 2.34. The summed E-state index contributed by atoms with van der Waals surface area (Å²) in [6.07, 6.45) is 7.10. The van der Waals surface area contributed by atoms with Crippen LogP contribution in [0.2, 0.25) is 0 Å². The Bertz CT molecular complexity index is 550. The maximum atomic E-state index is 11.5. The number of carbonyl (C=O) groups excluding carboxylic acids is 1. The zero-order valence-electron chi connectivity index (χ0n) is 12.2. The summed E-state index contributed by atoms with van der Waals surface area (Å²) in [7, 11) is 1.64. The molecule has 5 heteroatoms. The summed E-state index contributed by atoms with van der Waals surface area (Å²) >= 11 is 0. The number of hydrazone groups is 1. The molecule has 3 rings (SSSR count). The summed E-state index contributed by atoms with van der Waals surface area (Å²) < 4.78 is 11.5. The van der Waals surface area contributed by atoms with Gasteiger partial charge in [0.05, 0.1) is 13.2 Å². The predicted molar refractivity (Wildman–Crippen MR) is 79.9 cm³/mol. The average Bonchev–Trinajstić information content (AvgIpc) is 3.00. The first-order chi connectivity index (χ1) is 10.3. The second kappa shape index (κ2) is 6.16. The van der Waals surface area contributed by atoms with Crippen molar-refractivity contribution in [1.29, 1.82) is 0 Å². The fraction of sp³-hybridized carbons (Fsp3) is 0.500. The molecule has 5 nitrogen and oxygen atoms in total. The molecule has 0 bridgehead atoms. The number of amides is 1. The molecule has 1 aromatic carbocycles. The van der Waals surface area contributed by atoms with E-state index < -0.39 is 0 Å². The molecule has 0 spiro atoms. The van der Waals surface area contributed by atoms with Crippen LogP contribution in [0.15, 0.2) is 23.3 Å². The van der Waals surface area contributed by atoms with Crippen molar-refractivity contribution in [2.24, 2.45) is 5.10 Å². The summed E-state index contributed by atoms with van der Waals surface area (Å²) in [4.78, 5) is 11.5. The Balaban J connectivity index is 1.83. The third-order valence-corrected chi connectivity index (χ3v) is 4.06. The normalized spacial score (nSPS) is 22.1. The number of ether oxygens (including phenoxy) is 2. The lowest BCUT2D eigenvalue weighted by Gasteiger charge is -2.20. The van der Waals surface area contributed by atoms with E-state index in [1.165, 1.54) is 12.8 Å². The molecule has 1 aliphatic heterocycles. The highest BCUT2D eigenvalue weighted by molar-refractivity contribution is 5.86. The van der Waals surface area contributed by atoms with E-state index in [0.717, 1.165) is 29.9 Å². The average molecular weight is 288 g/mol. The first-order valence-electron chi connectivity index (χ1n) is 7.43. The summed E-state index contributed by atoms with van der Waals surface area (Å²) in [6.45, 7) is 0. The van der Waals surface area contributed by atoms with Gasteiger partial charge in [-0.2, -0.15) is 5.10 Å². The summed E-state index contributed by atoms with van der Waals surface area (Å²) in [5.41, 5.74) is 3.48. The third-order valence-electron chi connectivity index (χ3n) is 4.06. The van der Waals surface area contributed by atoms with Crippen LogP contribution in [0.3, 0.4) is 0 Å². The van der Waals surface area contributed by atoms with Crippen LogP contribution in [0, 0.1) is 0 Å². The number of methoxy groups -OCH3 is 1. The molecule has 0 aromatic heterocycles. The molecular formula is C16H20N2O3. The Morgan fingerprint density at radius 2 is 2.05 bits per heavy atom. The Kier molecular flexibility index (Phi) is 4.08. The van der Waals surface area contributed by atoms with Gasteiger partial charge in [0.25, 0.3) is 0 Å².